The topological polar surface area (TPSA) is 55.8 Å². The summed E-state index contributed by atoms with van der Waals surface area (Å²) in [6.07, 6.45) is 1.02. The first-order valence-electron chi connectivity index (χ1n) is 4.06. The van der Waals surface area contributed by atoms with Gasteiger partial charge in [-0.05, 0) is 6.42 Å². The summed E-state index contributed by atoms with van der Waals surface area (Å²) in [6.45, 7) is 1.40. The van der Waals surface area contributed by atoms with E-state index in [0.29, 0.717) is 12.5 Å². The Bertz CT molecular complexity index is 184. The highest BCUT2D eigenvalue weighted by Gasteiger charge is 2.39. The molecule has 2 unspecified atom stereocenters. The average molecular weight is 192 g/mol. The van der Waals surface area contributed by atoms with Gasteiger partial charge < -0.3 is 14.0 Å². The van der Waals surface area contributed by atoms with Crippen LogP contribution in [0.25, 0.3) is 0 Å². The number of hydrogen-bond acceptors (Lipinski definition) is 3. The molecule has 2 heterocycles. The zero-order chi connectivity index (χ0) is 8.55. The Kier molecular flexibility index (Phi) is 2.45. The molecule has 2 fully saturated rings. The molecule has 0 aromatic carbocycles. The van der Waals surface area contributed by atoms with E-state index in [2.05, 4.69) is 0 Å². The first-order valence-corrected chi connectivity index (χ1v) is 5.34. The minimum atomic E-state index is -1.73. The highest BCUT2D eigenvalue weighted by molar-refractivity contribution is 7.79. The van der Waals surface area contributed by atoms with E-state index < -0.39 is 11.1 Å². The maximum atomic E-state index is 10.5. The fourth-order valence-corrected chi connectivity index (χ4v) is 2.39. The van der Waals surface area contributed by atoms with Gasteiger partial charge in [0, 0.05) is 5.92 Å². The van der Waals surface area contributed by atoms with Crippen molar-refractivity contribution in [3.05, 3.63) is 0 Å². The van der Waals surface area contributed by atoms with E-state index in [1.54, 1.807) is 0 Å². The molecule has 0 radical (unpaired) electrons. The van der Waals surface area contributed by atoms with Crippen molar-refractivity contribution < 1.29 is 18.2 Å². The third-order valence-corrected chi connectivity index (χ3v) is 3.06. The average Bonchev–Trinajstić information content (AvgIpc) is 2.43. The highest BCUT2D eigenvalue weighted by atomic mass is 32.2. The van der Waals surface area contributed by atoms with Gasteiger partial charge in [-0.3, -0.25) is 0 Å². The van der Waals surface area contributed by atoms with Crippen LogP contribution in [0.15, 0.2) is 0 Å². The Morgan fingerprint density at radius 3 is 3.00 bits per heavy atom. The fraction of sp³-hybridized carbons (Fsp3) is 1.00. The van der Waals surface area contributed by atoms with E-state index >= 15 is 0 Å². The van der Waals surface area contributed by atoms with Crippen molar-refractivity contribution in [2.24, 2.45) is 5.92 Å². The first-order chi connectivity index (χ1) is 5.75. The fourth-order valence-electron chi connectivity index (χ4n) is 1.86. The first kappa shape index (κ1) is 8.62. The molecule has 0 amide bonds. The van der Waals surface area contributed by atoms with Gasteiger partial charge in [-0.1, -0.05) is 0 Å². The third kappa shape index (κ3) is 1.69. The minimum Gasteiger partial charge on any atom is -0.378 e. The lowest BCUT2D eigenvalue weighted by atomic mass is 10.0. The Balaban J connectivity index is 1.86. The van der Waals surface area contributed by atoms with E-state index in [4.69, 9.17) is 14.0 Å². The zero-order valence-electron chi connectivity index (χ0n) is 6.64. The van der Waals surface area contributed by atoms with Crippen LogP contribution in [0.1, 0.15) is 6.42 Å². The molecule has 0 aliphatic carbocycles. The molecule has 2 aliphatic heterocycles. The molecule has 4 nitrogen and oxygen atoms in total. The van der Waals surface area contributed by atoms with Gasteiger partial charge in [0.25, 0.3) is 0 Å². The third-order valence-electron chi connectivity index (χ3n) is 2.40. The van der Waals surface area contributed by atoms with E-state index in [0.717, 1.165) is 13.0 Å². The van der Waals surface area contributed by atoms with Crippen molar-refractivity contribution in [3.8, 4) is 0 Å². The number of ether oxygens (including phenoxy) is 2. The molecular weight excluding hydrogens is 180 g/mol. The van der Waals surface area contributed by atoms with Crippen LogP contribution in [0.4, 0.5) is 0 Å². The molecule has 2 saturated heterocycles. The van der Waals surface area contributed by atoms with Crippen LogP contribution in [-0.2, 0) is 20.6 Å². The van der Waals surface area contributed by atoms with Crippen LogP contribution in [-0.4, -0.2) is 39.9 Å². The smallest absolute Gasteiger partial charge is 0.155 e. The summed E-state index contributed by atoms with van der Waals surface area (Å²) in [7, 11) is 0. The van der Waals surface area contributed by atoms with Gasteiger partial charge in [-0.15, -0.1) is 0 Å². The lowest BCUT2D eigenvalue weighted by molar-refractivity contribution is 0.0299. The molecule has 0 aromatic rings. The van der Waals surface area contributed by atoms with Crippen molar-refractivity contribution >= 4 is 11.1 Å². The Hall–Kier alpha value is 0.0300. The Labute approximate surface area is 73.5 Å². The second kappa shape index (κ2) is 3.41. The van der Waals surface area contributed by atoms with Gasteiger partial charge >= 0.3 is 0 Å². The molecule has 12 heavy (non-hydrogen) atoms. The molecule has 5 heteroatoms. The second-order valence-electron chi connectivity index (χ2n) is 3.32. The number of fused-ring (bicyclic) bond motifs is 1. The summed E-state index contributed by atoms with van der Waals surface area (Å²) in [6, 6.07) is 0. The summed E-state index contributed by atoms with van der Waals surface area (Å²) >= 11 is -1.73. The number of hydrogen-bond donors (Lipinski definition) is 1. The molecule has 4 atom stereocenters. The Morgan fingerprint density at radius 1 is 1.50 bits per heavy atom. The zero-order valence-corrected chi connectivity index (χ0v) is 7.46. The molecule has 0 saturated carbocycles. The van der Waals surface area contributed by atoms with Crippen LogP contribution >= 0.6 is 0 Å². The molecule has 70 valence electrons. The second-order valence-corrected chi connectivity index (χ2v) is 4.29. The van der Waals surface area contributed by atoms with Gasteiger partial charge in [-0.2, -0.15) is 0 Å². The minimum absolute atomic E-state index is 0.0327. The van der Waals surface area contributed by atoms with Crippen molar-refractivity contribution in [2.45, 2.75) is 18.6 Å². The van der Waals surface area contributed by atoms with Gasteiger partial charge in [0.15, 0.2) is 11.1 Å². The quantitative estimate of drug-likeness (QED) is 0.626. The van der Waals surface area contributed by atoms with Gasteiger partial charge in [0.2, 0.25) is 0 Å². The van der Waals surface area contributed by atoms with Crippen molar-refractivity contribution in [2.75, 3.05) is 19.0 Å². The van der Waals surface area contributed by atoms with E-state index in [1.165, 1.54) is 0 Å². The van der Waals surface area contributed by atoms with Gasteiger partial charge in [0.05, 0.1) is 31.2 Å². The van der Waals surface area contributed by atoms with Crippen LogP contribution in [0.3, 0.4) is 0 Å². The lowest BCUT2D eigenvalue weighted by Gasteiger charge is -2.08. The SMILES string of the molecule is O=S(O)CC1C[C@@H]2COC[C@@H]2O1. The molecule has 0 bridgehead atoms. The molecule has 1 N–H and O–H groups in total. The van der Waals surface area contributed by atoms with Gasteiger partial charge in [-0.25, -0.2) is 4.21 Å². The van der Waals surface area contributed by atoms with Crippen molar-refractivity contribution in [1.29, 1.82) is 0 Å². The summed E-state index contributed by atoms with van der Waals surface area (Å²) in [5.41, 5.74) is 0. The van der Waals surface area contributed by atoms with Crippen LogP contribution in [0, 0.1) is 5.92 Å². The predicted molar refractivity (Wildman–Crippen MR) is 43.2 cm³/mol. The summed E-state index contributed by atoms with van der Waals surface area (Å²) < 4.78 is 29.8. The normalized spacial score (nSPS) is 42.9. The predicted octanol–water partition coefficient (Wildman–Crippen LogP) is 0.0120. The maximum Gasteiger partial charge on any atom is 0.155 e. The van der Waals surface area contributed by atoms with E-state index in [-0.39, 0.29) is 18.0 Å². The summed E-state index contributed by atoms with van der Waals surface area (Å²) in [5, 5.41) is 0. The number of rotatable bonds is 2. The standard InChI is InChI=1S/C7H12O4S/c8-12(9)4-6-1-5-2-10-3-7(5)11-6/h5-7H,1-4H2,(H,8,9)/t5-,6?,7+/m1/s1. The maximum absolute atomic E-state index is 10.5. The van der Waals surface area contributed by atoms with Crippen molar-refractivity contribution in [1.82, 2.24) is 0 Å². The van der Waals surface area contributed by atoms with E-state index in [1.807, 2.05) is 0 Å². The highest BCUT2D eigenvalue weighted by Crippen LogP contribution is 2.31. The van der Waals surface area contributed by atoms with Gasteiger partial charge in [0.1, 0.15) is 0 Å². The van der Waals surface area contributed by atoms with Crippen LogP contribution < -0.4 is 0 Å². The van der Waals surface area contributed by atoms with Crippen LogP contribution in [0.5, 0.6) is 0 Å². The van der Waals surface area contributed by atoms with E-state index in [9.17, 15) is 4.21 Å². The van der Waals surface area contributed by atoms with Crippen LogP contribution in [0.2, 0.25) is 0 Å². The molecule has 2 aliphatic rings. The molecule has 0 aromatic heterocycles. The van der Waals surface area contributed by atoms with Crippen molar-refractivity contribution in [3.63, 3.8) is 0 Å². The summed E-state index contributed by atoms with van der Waals surface area (Å²) in [5.74, 6) is 0.700. The molecule has 2 rings (SSSR count). The summed E-state index contributed by atoms with van der Waals surface area (Å²) in [4.78, 5) is 0. The molecule has 0 spiro atoms. The Morgan fingerprint density at radius 2 is 2.33 bits per heavy atom. The largest absolute Gasteiger partial charge is 0.378 e. The monoisotopic (exact) mass is 192 g/mol. The molecular formula is C7H12O4S. The lowest BCUT2D eigenvalue weighted by Crippen LogP contribution is -2.19.